The van der Waals surface area contributed by atoms with Crippen LogP contribution in [0.15, 0.2) is 18.2 Å². The predicted octanol–water partition coefficient (Wildman–Crippen LogP) is 2.92. The molecule has 0 spiro atoms. The zero-order chi connectivity index (χ0) is 12.8. The van der Waals surface area contributed by atoms with Crippen LogP contribution in [0.5, 0.6) is 5.75 Å². The van der Waals surface area contributed by atoms with Crippen LogP contribution in [0.3, 0.4) is 0 Å². The summed E-state index contributed by atoms with van der Waals surface area (Å²) in [7, 11) is 1.55. The van der Waals surface area contributed by atoms with E-state index >= 15 is 0 Å². The molecular formula is C13H18ClNO2. The molecule has 0 radical (unpaired) electrons. The van der Waals surface area contributed by atoms with Crippen LogP contribution in [0.1, 0.15) is 30.6 Å². The summed E-state index contributed by atoms with van der Waals surface area (Å²) in [6, 6.07) is 4.90. The molecule has 1 atom stereocenters. The maximum Gasteiger partial charge on any atom is 0.183 e. The summed E-state index contributed by atoms with van der Waals surface area (Å²) >= 11 is 5.91. The van der Waals surface area contributed by atoms with Crippen molar-refractivity contribution in [2.75, 3.05) is 13.7 Å². The number of Topliss-reactive ketones (excluding diaryl/α,β-unsaturated/α-hetero) is 1. The summed E-state index contributed by atoms with van der Waals surface area (Å²) in [6.45, 7) is 4.71. The average molecular weight is 256 g/mol. The molecule has 0 saturated carbocycles. The van der Waals surface area contributed by atoms with E-state index in [-0.39, 0.29) is 11.8 Å². The molecule has 0 saturated heterocycles. The standard InChI is InChI=1S/C13H18ClNO2/c1-4-11(15-5-2)13(16)10-8-9(14)6-7-12(10)17-3/h6-8,11,15H,4-5H2,1-3H3. The number of hydrogen-bond donors (Lipinski definition) is 1. The largest absolute Gasteiger partial charge is 0.496 e. The second-order valence-electron chi connectivity index (χ2n) is 3.73. The van der Waals surface area contributed by atoms with Gasteiger partial charge in [0.05, 0.1) is 18.7 Å². The molecular weight excluding hydrogens is 238 g/mol. The maximum absolute atomic E-state index is 12.3. The first-order valence-corrected chi connectivity index (χ1v) is 6.12. The minimum absolute atomic E-state index is 0.0219. The van der Waals surface area contributed by atoms with Crippen molar-refractivity contribution >= 4 is 17.4 Å². The fourth-order valence-electron chi connectivity index (χ4n) is 1.73. The number of carbonyl (C=O) groups excluding carboxylic acids is 1. The Morgan fingerprint density at radius 1 is 1.47 bits per heavy atom. The van der Waals surface area contributed by atoms with Gasteiger partial charge in [-0.25, -0.2) is 0 Å². The Morgan fingerprint density at radius 2 is 2.18 bits per heavy atom. The van der Waals surface area contributed by atoms with Crippen LogP contribution in [-0.2, 0) is 0 Å². The highest BCUT2D eigenvalue weighted by atomic mass is 35.5. The highest BCUT2D eigenvalue weighted by Gasteiger charge is 2.20. The van der Waals surface area contributed by atoms with Gasteiger partial charge in [0.15, 0.2) is 5.78 Å². The minimum atomic E-state index is -0.188. The van der Waals surface area contributed by atoms with Crippen LogP contribution < -0.4 is 10.1 Å². The predicted molar refractivity (Wildman–Crippen MR) is 70.1 cm³/mol. The Kier molecular flexibility index (Phi) is 5.45. The van der Waals surface area contributed by atoms with Crippen LogP contribution in [0.4, 0.5) is 0 Å². The number of likely N-dealkylation sites (N-methyl/N-ethyl adjacent to an activating group) is 1. The molecule has 0 aliphatic rings. The molecule has 17 heavy (non-hydrogen) atoms. The molecule has 1 N–H and O–H groups in total. The number of methoxy groups -OCH3 is 1. The Bertz CT molecular complexity index is 393. The van der Waals surface area contributed by atoms with Gasteiger partial charge in [0.2, 0.25) is 0 Å². The summed E-state index contributed by atoms with van der Waals surface area (Å²) in [5.74, 6) is 0.587. The van der Waals surface area contributed by atoms with Gasteiger partial charge in [-0.15, -0.1) is 0 Å². The highest BCUT2D eigenvalue weighted by Crippen LogP contribution is 2.24. The van der Waals surface area contributed by atoms with E-state index < -0.39 is 0 Å². The fraction of sp³-hybridized carbons (Fsp3) is 0.462. The third-order valence-electron chi connectivity index (χ3n) is 2.60. The molecule has 4 heteroatoms. The number of hydrogen-bond acceptors (Lipinski definition) is 3. The topological polar surface area (TPSA) is 38.3 Å². The molecule has 94 valence electrons. The first kappa shape index (κ1) is 14.0. The maximum atomic E-state index is 12.3. The van der Waals surface area contributed by atoms with Gasteiger partial charge in [-0.05, 0) is 31.2 Å². The lowest BCUT2D eigenvalue weighted by molar-refractivity contribution is 0.0938. The lowest BCUT2D eigenvalue weighted by Crippen LogP contribution is -2.36. The Balaban J connectivity index is 3.04. The molecule has 0 aromatic heterocycles. The number of nitrogens with one attached hydrogen (secondary N) is 1. The summed E-state index contributed by atoms with van der Waals surface area (Å²) in [5, 5.41) is 3.70. The van der Waals surface area contributed by atoms with E-state index in [0.29, 0.717) is 16.3 Å². The lowest BCUT2D eigenvalue weighted by Gasteiger charge is -2.16. The summed E-state index contributed by atoms with van der Waals surface area (Å²) < 4.78 is 5.19. The van der Waals surface area contributed by atoms with Crippen LogP contribution in [0.25, 0.3) is 0 Å². The van der Waals surface area contributed by atoms with Crippen molar-refractivity contribution in [3.63, 3.8) is 0 Å². The minimum Gasteiger partial charge on any atom is -0.496 e. The van der Waals surface area contributed by atoms with E-state index in [1.165, 1.54) is 0 Å². The third-order valence-corrected chi connectivity index (χ3v) is 2.84. The molecule has 1 rings (SSSR count). The van der Waals surface area contributed by atoms with Crippen molar-refractivity contribution in [1.82, 2.24) is 5.32 Å². The monoisotopic (exact) mass is 255 g/mol. The van der Waals surface area contributed by atoms with E-state index in [4.69, 9.17) is 16.3 Å². The van der Waals surface area contributed by atoms with Crippen molar-refractivity contribution in [3.8, 4) is 5.75 Å². The molecule has 1 aromatic carbocycles. The van der Waals surface area contributed by atoms with Gasteiger partial charge >= 0.3 is 0 Å². The van der Waals surface area contributed by atoms with Crippen molar-refractivity contribution in [2.24, 2.45) is 0 Å². The van der Waals surface area contributed by atoms with E-state index in [1.54, 1.807) is 25.3 Å². The summed E-state index contributed by atoms with van der Waals surface area (Å²) in [4.78, 5) is 12.3. The van der Waals surface area contributed by atoms with Crippen LogP contribution in [-0.4, -0.2) is 25.5 Å². The number of ether oxygens (including phenoxy) is 1. The van der Waals surface area contributed by atoms with Crippen molar-refractivity contribution < 1.29 is 9.53 Å². The average Bonchev–Trinajstić information content (AvgIpc) is 2.35. The summed E-state index contributed by atoms with van der Waals surface area (Å²) in [6.07, 6.45) is 0.738. The van der Waals surface area contributed by atoms with Gasteiger partial charge < -0.3 is 10.1 Å². The van der Waals surface area contributed by atoms with Crippen LogP contribution >= 0.6 is 11.6 Å². The highest BCUT2D eigenvalue weighted by molar-refractivity contribution is 6.31. The quantitative estimate of drug-likeness (QED) is 0.795. The number of rotatable bonds is 6. The van der Waals surface area contributed by atoms with Gasteiger partial charge in [0, 0.05) is 5.02 Å². The number of ketones is 1. The van der Waals surface area contributed by atoms with Crippen LogP contribution in [0.2, 0.25) is 5.02 Å². The van der Waals surface area contributed by atoms with E-state index in [2.05, 4.69) is 5.32 Å². The Labute approximate surface area is 107 Å². The van der Waals surface area contributed by atoms with Gasteiger partial charge in [0.1, 0.15) is 5.75 Å². The summed E-state index contributed by atoms with van der Waals surface area (Å²) in [5.41, 5.74) is 0.535. The smallest absolute Gasteiger partial charge is 0.183 e. The number of benzene rings is 1. The number of carbonyl (C=O) groups is 1. The van der Waals surface area contributed by atoms with Crippen molar-refractivity contribution in [1.29, 1.82) is 0 Å². The second-order valence-corrected chi connectivity index (χ2v) is 4.16. The van der Waals surface area contributed by atoms with Crippen LogP contribution in [0, 0.1) is 0 Å². The molecule has 0 heterocycles. The van der Waals surface area contributed by atoms with Crippen molar-refractivity contribution in [3.05, 3.63) is 28.8 Å². The third kappa shape index (κ3) is 3.45. The van der Waals surface area contributed by atoms with Gasteiger partial charge in [0.25, 0.3) is 0 Å². The molecule has 0 aliphatic heterocycles. The van der Waals surface area contributed by atoms with E-state index in [9.17, 15) is 4.79 Å². The molecule has 1 unspecified atom stereocenters. The zero-order valence-electron chi connectivity index (χ0n) is 10.4. The first-order chi connectivity index (χ1) is 8.13. The molecule has 0 fully saturated rings. The fourth-order valence-corrected chi connectivity index (χ4v) is 1.90. The Hall–Kier alpha value is -1.06. The molecule has 3 nitrogen and oxygen atoms in total. The van der Waals surface area contributed by atoms with Gasteiger partial charge in [-0.3, -0.25) is 4.79 Å². The molecule has 0 aliphatic carbocycles. The van der Waals surface area contributed by atoms with Crippen molar-refractivity contribution in [2.45, 2.75) is 26.3 Å². The van der Waals surface area contributed by atoms with Gasteiger partial charge in [-0.1, -0.05) is 25.4 Å². The van der Waals surface area contributed by atoms with E-state index in [0.717, 1.165) is 13.0 Å². The molecule has 1 aromatic rings. The van der Waals surface area contributed by atoms with E-state index in [1.807, 2.05) is 13.8 Å². The van der Waals surface area contributed by atoms with Gasteiger partial charge in [-0.2, -0.15) is 0 Å². The molecule has 0 bridgehead atoms. The zero-order valence-corrected chi connectivity index (χ0v) is 11.2. The molecule has 0 amide bonds. The Morgan fingerprint density at radius 3 is 2.71 bits per heavy atom. The SMILES string of the molecule is CCNC(CC)C(=O)c1cc(Cl)ccc1OC. The number of halogens is 1. The lowest BCUT2D eigenvalue weighted by atomic mass is 10.0. The second kappa shape index (κ2) is 6.62. The first-order valence-electron chi connectivity index (χ1n) is 5.75. The normalized spacial score (nSPS) is 12.2.